The Morgan fingerprint density at radius 2 is 0.962 bits per heavy atom. The first-order valence-corrected chi connectivity index (χ1v) is 11.6. The molecule has 0 saturated carbocycles. The number of ether oxygens (including phenoxy) is 1. The molecular formula is C23H48ClNO. The average molecular weight is 390 g/mol. The fourth-order valence-corrected chi connectivity index (χ4v) is 4.14. The van der Waals surface area contributed by atoms with Crippen molar-refractivity contribution >= 4 is 0 Å². The first-order valence-electron chi connectivity index (χ1n) is 11.6. The summed E-state index contributed by atoms with van der Waals surface area (Å²) in [6.45, 7) is 6.73. The normalized spacial score (nSPS) is 24.5. The van der Waals surface area contributed by atoms with Crippen molar-refractivity contribution in [3.05, 3.63) is 0 Å². The SMILES string of the molecule is CCCCCCCCCCCCCCCCCCC1(C)OC1([NH3+])CC.[Cl-]. The largest absolute Gasteiger partial charge is 1.00 e. The third-order valence-corrected chi connectivity index (χ3v) is 6.42. The molecule has 0 aromatic carbocycles. The minimum absolute atomic E-state index is 0. The van der Waals surface area contributed by atoms with Gasteiger partial charge < -0.3 is 22.9 Å². The van der Waals surface area contributed by atoms with Crippen LogP contribution >= 0.6 is 0 Å². The zero-order chi connectivity index (χ0) is 18.4. The minimum Gasteiger partial charge on any atom is -1.00 e. The molecule has 26 heavy (non-hydrogen) atoms. The zero-order valence-corrected chi connectivity index (χ0v) is 19.0. The van der Waals surface area contributed by atoms with Crippen molar-refractivity contribution in [3.63, 3.8) is 0 Å². The number of rotatable bonds is 18. The lowest BCUT2D eigenvalue weighted by Crippen LogP contribution is -3.00. The smallest absolute Gasteiger partial charge is 0.228 e. The summed E-state index contributed by atoms with van der Waals surface area (Å²) < 4.78 is 5.85. The average Bonchev–Trinajstić information content (AvgIpc) is 3.16. The Morgan fingerprint density at radius 1 is 0.615 bits per heavy atom. The van der Waals surface area contributed by atoms with Crippen LogP contribution in [0, 0.1) is 0 Å². The summed E-state index contributed by atoms with van der Waals surface area (Å²) in [5.41, 5.74) is 4.24. The second-order valence-electron chi connectivity index (χ2n) is 8.73. The van der Waals surface area contributed by atoms with Gasteiger partial charge in [0.1, 0.15) is 0 Å². The zero-order valence-electron chi connectivity index (χ0n) is 18.2. The molecule has 158 valence electrons. The molecule has 1 aliphatic heterocycles. The molecule has 0 aliphatic carbocycles. The summed E-state index contributed by atoms with van der Waals surface area (Å²) in [6.07, 6.45) is 25.2. The number of hydrogen-bond acceptors (Lipinski definition) is 1. The van der Waals surface area contributed by atoms with E-state index < -0.39 is 0 Å². The van der Waals surface area contributed by atoms with Crippen molar-refractivity contribution in [2.24, 2.45) is 0 Å². The van der Waals surface area contributed by atoms with Crippen molar-refractivity contribution in [2.45, 2.75) is 148 Å². The number of quaternary nitrogens is 1. The highest BCUT2D eigenvalue weighted by Crippen LogP contribution is 2.47. The molecule has 2 unspecified atom stereocenters. The van der Waals surface area contributed by atoms with Crippen LogP contribution in [0.4, 0.5) is 0 Å². The molecule has 0 aromatic heterocycles. The third kappa shape index (κ3) is 10.5. The van der Waals surface area contributed by atoms with Crippen molar-refractivity contribution in [2.75, 3.05) is 0 Å². The molecule has 0 radical (unpaired) electrons. The van der Waals surface area contributed by atoms with Crippen LogP contribution in [-0.4, -0.2) is 11.3 Å². The maximum absolute atomic E-state index is 5.85. The van der Waals surface area contributed by atoms with Gasteiger partial charge in [-0.05, 0) is 13.3 Å². The van der Waals surface area contributed by atoms with Gasteiger partial charge in [0.15, 0.2) is 5.60 Å². The topological polar surface area (TPSA) is 40.2 Å². The van der Waals surface area contributed by atoms with Crippen LogP contribution in [0.15, 0.2) is 0 Å². The van der Waals surface area contributed by atoms with Gasteiger partial charge in [0, 0.05) is 6.42 Å². The van der Waals surface area contributed by atoms with Gasteiger partial charge in [0.25, 0.3) is 0 Å². The van der Waals surface area contributed by atoms with E-state index in [1.54, 1.807) is 0 Å². The Bertz CT molecular complexity index is 325. The standard InChI is InChI=1S/C23H47NO.ClH/c1-4-6-7-8-9-10-11-12-13-14-15-16-17-18-19-20-21-22(3)23(24,5-2)25-22;/h4-21,24H2,1-3H3;1H. The van der Waals surface area contributed by atoms with Crippen LogP contribution in [0.2, 0.25) is 0 Å². The molecule has 1 heterocycles. The van der Waals surface area contributed by atoms with Gasteiger partial charge in [-0.3, -0.25) is 0 Å². The van der Waals surface area contributed by atoms with Crippen LogP contribution in [0.25, 0.3) is 0 Å². The van der Waals surface area contributed by atoms with Gasteiger partial charge in [-0.15, -0.1) is 0 Å². The maximum Gasteiger partial charge on any atom is 0.228 e. The molecule has 3 N–H and O–H groups in total. The van der Waals surface area contributed by atoms with Crippen LogP contribution in [0.5, 0.6) is 0 Å². The van der Waals surface area contributed by atoms with Gasteiger partial charge in [0.2, 0.25) is 5.72 Å². The molecular weight excluding hydrogens is 342 g/mol. The highest BCUT2D eigenvalue weighted by Gasteiger charge is 2.67. The van der Waals surface area contributed by atoms with E-state index in [1.165, 1.54) is 109 Å². The molecule has 0 amide bonds. The first kappa shape index (κ1) is 26.2. The number of halogens is 1. The van der Waals surface area contributed by atoms with Crippen molar-refractivity contribution in [1.29, 1.82) is 0 Å². The lowest BCUT2D eigenvalue weighted by molar-refractivity contribution is -0.472. The Kier molecular flexibility index (Phi) is 15.3. The summed E-state index contributed by atoms with van der Waals surface area (Å²) >= 11 is 0. The van der Waals surface area contributed by atoms with E-state index >= 15 is 0 Å². The van der Waals surface area contributed by atoms with E-state index in [0.717, 1.165) is 6.42 Å². The van der Waals surface area contributed by atoms with Crippen LogP contribution in [0.1, 0.15) is 136 Å². The van der Waals surface area contributed by atoms with E-state index in [2.05, 4.69) is 26.5 Å². The molecule has 1 saturated heterocycles. The predicted octanol–water partition coefficient (Wildman–Crippen LogP) is 3.78. The Morgan fingerprint density at radius 3 is 1.27 bits per heavy atom. The molecule has 1 aliphatic rings. The van der Waals surface area contributed by atoms with E-state index in [0.29, 0.717) is 0 Å². The van der Waals surface area contributed by atoms with Crippen LogP contribution in [-0.2, 0) is 4.74 Å². The second-order valence-corrected chi connectivity index (χ2v) is 8.73. The highest BCUT2D eigenvalue weighted by atomic mass is 35.5. The lowest BCUT2D eigenvalue weighted by Gasteiger charge is -2.08. The number of hydrogen-bond donors (Lipinski definition) is 1. The molecule has 2 atom stereocenters. The molecule has 0 spiro atoms. The second kappa shape index (κ2) is 15.2. The van der Waals surface area contributed by atoms with E-state index in [4.69, 9.17) is 4.74 Å². The third-order valence-electron chi connectivity index (χ3n) is 6.42. The summed E-state index contributed by atoms with van der Waals surface area (Å²) in [5.74, 6) is 0. The van der Waals surface area contributed by atoms with Crippen LogP contribution in [0.3, 0.4) is 0 Å². The molecule has 3 heteroatoms. The fraction of sp³-hybridized carbons (Fsp3) is 1.00. The molecule has 0 bridgehead atoms. The summed E-state index contributed by atoms with van der Waals surface area (Å²) in [6, 6.07) is 0. The van der Waals surface area contributed by atoms with Crippen molar-refractivity contribution in [3.8, 4) is 0 Å². The molecule has 1 rings (SSSR count). The van der Waals surface area contributed by atoms with Crippen molar-refractivity contribution < 1.29 is 22.9 Å². The first-order chi connectivity index (χ1) is 12.1. The van der Waals surface area contributed by atoms with E-state index in [1.807, 2.05) is 0 Å². The Balaban J connectivity index is 0.00000625. The highest BCUT2D eigenvalue weighted by molar-refractivity contribution is 5.03. The lowest BCUT2D eigenvalue weighted by atomic mass is 9.94. The van der Waals surface area contributed by atoms with Crippen LogP contribution < -0.4 is 18.1 Å². The monoisotopic (exact) mass is 389 g/mol. The maximum atomic E-state index is 5.85. The summed E-state index contributed by atoms with van der Waals surface area (Å²) in [7, 11) is 0. The van der Waals surface area contributed by atoms with Gasteiger partial charge >= 0.3 is 0 Å². The minimum atomic E-state index is -0.0670. The van der Waals surface area contributed by atoms with Crippen molar-refractivity contribution in [1.82, 2.24) is 0 Å². The Hall–Kier alpha value is 0.210. The quantitative estimate of drug-likeness (QED) is 0.281. The number of epoxide rings is 1. The number of unbranched alkanes of at least 4 members (excludes halogenated alkanes) is 15. The van der Waals surface area contributed by atoms with Gasteiger partial charge in [0.05, 0.1) is 0 Å². The van der Waals surface area contributed by atoms with E-state index in [-0.39, 0.29) is 23.7 Å². The van der Waals surface area contributed by atoms with Gasteiger partial charge in [-0.2, -0.15) is 0 Å². The summed E-state index contributed by atoms with van der Waals surface area (Å²) in [4.78, 5) is 0. The van der Waals surface area contributed by atoms with Gasteiger partial charge in [-0.25, -0.2) is 0 Å². The molecule has 2 nitrogen and oxygen atoms in total. The molecule has 0 aromatic rings. The molecule has 1 fully saturated rings. The predicted molar refractivity (Wildman–Crippen MR) is 110 cm³/mol. The Labute approximate surface area is 170 Å². The van der Waals surface area contributed by atoms with Gasteiger partial charge in [-0.1, -0.05) is 117 Å². The summed E-state index contributed by atoms with van der Waals surface area (Å²) in [5, 5.41) is 0. The fourth-order valence-electron chi connectivity index (χ4n) is 4.14. The van der Waals surface area contributed by atoms with E-state index in [9.17, 15) is 0 Å².